The van der Waals surface area contributed by atoms with Crippen LogP contribution in [0.4, 0.5) is 0 Å². The predicted octanol–water partition coefficient (Wildman–Crippen LogP) is 1.44. The van der Waals surface area contributed by atoms with Gasteiger partial charge in [-0.05, 0) is 19.3 Å². The first-order valence-electron chi connectivity index (χ1n) is 5.41. The molecule has 0 spiro atoms. The second-order valence-electron chi connectivity index (χ2n) is 4.30. The Bertz CT molecular complexity index is 419. The number of aromatic nitrogens is 2. The van der Waals surface area contributed by atoms with Gasteiger partial charge in [0.25, 0.3) is 0 Å². The SMILES string of the molecule is CNC(Cc1cn(C)c(=S)[nH]1)C(=O)C(C)C. The quantitative estimate of drug-likeness (QED) is 0.767. The number of aryl methyl sites for hydroxylation is 1. The Balaban J connectivity index is 2.78. The molecule has 0 bridgehead atoms. The molecule has 5 heteroatoms. The van der Waals surface area contributed by atoms with Crippen LogP contribution in [0.2, 0.25) is 0 Å². The molecule has 0 aromatic carbocycles. The molecule has 4 nitrogen and oxygen atoms in total. The fourth-order valence-electron chi connectivity index (χ4n) is 1.62. The number of hydrogen-bond donors (Lipinski definition) is 2. The maximum absolute atomic E-state index is 11.9. The number of ketones is 1. The van der Waals surface area contributed by atoms with E-state index in [1.54, 1.807) is 0 Å². The third kappa shape index (κ3) is 3.02. The van der Waals surface area contributed by atoms with Crippen molar-refractivity contribution in [3.63, 3.8) is 0 Å². The van der Waals surface area contributed by atoms with Gasteiger partial charge < -0.3 is 14.9 Å². The van der Waals surface area contributed by atoms with Crippen LogP contribution in [0.25, 0.3) is 0 Å². The van der Waals surface area contributed by atoms with Crippen LogP contribution < -0.4 is 5.32 Å². The summed E-state index contributed by atoms with van der Waals surface area (Å²) >= 11 is 5.08. The maximum Gasteiger partial charge on any atom is 0.177 e. The molecule has 1 atom stereocenters. The largest absolute Gasteiger partial charge is 0.334 e. The highest BCUT2D eigenvalue weighted by Gasteiger charge is 2.20. The van der Waals surface area contributed by atoms with Crippen LogP contribution in [0.1, 0.15) is 19.5 Å². The van der Waals surface area contributed by atoms with Crippen LogP contribution in [-0.2, 0) is 18.3 Å². The molecule has 1 heterocycles. The van der Waals surface area contributed by atoms with Gasteiger partial charge in [-0.3, -0.25) is 4.79 Å². The Labute approximate surface area is 101 Å². The summed E-state index contributed by atoms with van der Waals surface area (Å²) in [4.78, 5) is 14.9. The third-order valence-corrected chi connectivity index (χ3v) is 3.01. The first-order chi connectivity index (χ1) is 7.45. The van der Waals surface area contributed by atoms with Gasteiger partial charge in [-0.2, -0.15) is 0 Å². The van der Waals surface area contributed by atoms with E-state index in [-0.39, 0.29) is 17.7 Å². The van der Waals surface area contributed by atoms with Gasteiger partial charge in [0.15, 0.2) is 10.6 Å². The molecule has 0 saturated heterocycles. The van der Waals surface area contributed by atoms with Gasteiger partial charge in [0.05, 0.1) is 6.04 Å². The highest BCUT2D eigenvalue weighted by Crippen LogP contribution is 2.06. The minimum Gasteiger partial charge on any atom is -0.334 e. The number of Topliss-reactive ketones (excluding diaryl/α,β-unsaturated/α-hetero) is 1. The zero-order valence-electron chi connectivity index (χ0n) is 10.2. The molecule has 0 aliphatic heterocycles. The van der Waals surface area contributed by atoms with Crippen LogP contribution >= 0.6 is 12.2 Å². The highest BCUT2D eigenvalue weighted by atomic mass is 32.1. The van der Waals surface area contributed by atoms with Crippen LogP contribution in [0.3, 0.4) is 0 Å². The monoisotopic (exact) mass is 241 g/mol. The average Bonchev–Trinajstić information content (AvgIpc) is 2.53. The molecule has 0 amide bonds. The zero-order valence-corrected chi connectivity index (χ0v) is 11.0. The van der Waals surface area contributed by atoms with E-state index in [2.05, 4.69) is 10.3 Å². The third-order valence-electron chi connectivity index (χ3n) is 2.62. The molecule has 1 unspecified atom stereocenters. The zero-order chi connectivity index (χ0) is 12.3. The molecule has 0 fully saturated rings. The van der Waals surface area contributed by atoms with Crippen molar-refractivity contribution in [1.82, 2.24) is 14.9 Å². The Hall–Kier alpha value is -0.940. The molecule has 1 aromatic rings. The Kier molecular flexibility index (Phi) is 4.44. The van der Waals surface area contributed by atoms with Crippen molar-refractivity contribution in [3.8, 4) is 0 Å². The van der Waals surface area contributed by atoms with Crippen molar-refractivity contribution in [2.45, 2.75) is 26.3 Å². The summed E-state index contributed by atoms with van der Waals surface area (Å²) in [6, 6.07) is -0.145. The molecule has 2 N–H and O–H groups in total. The van der Waals surface area contributed by atoms with E-state index in [0.717, 1.165) is 5.69 Å². The number of H-pyrrole nitrogens is 1. The van der Waals surface area contributed by atoms with E-state index in [0.29, 0.717) is 11.2 Å². The summed E-state index contributed by atoms with van der Waals surface area (Å²) in [7, 11) is 3.70. The molecule has 1 aromatic heterocycles. The standard InChI is InChI=1S/C11H19N3OS/c1-7(2)10(15)9(12-3)5-8-6-14(4)11(16)13-8/h6-7,9,12H,5H2,1-4H3,(H,13,16). The molecule has 1 rings (SSSR count). The number of hydrogen-bond acceptors (Lipinski definition) is 3. The van der Waals surface area contributed by atoms with Gasteiger partial charge in [-0.1, -0.05) is 13.8 Å². The number of nitrogens with zero attached hydrogens (tertiary/aromatic N) is 1. The first-order valence-corrected chi connectivity index (χ1v) is 5.82. The second-order valence-corrected chi connectivity index (χ2v) is 4.68. The molecular weight excluding hydrogens is 222 g/mol. The Morgan fingerprint density at radius 1 is 1.62 bits per heavy atom. The van der Waals surface area contributed by atoms with Crippen LogP contribution in [-0.4, -0.2) is 28.4 Å². The van der Waals surface area contributed by atoms with Crippen molar-refractivity contribution < 1.29 is 4.79 Å². The first kappa shape index (κ1) is 13.1. The lowest BCUT2D eigenvalue weighted by Crippen LogP contribution is -2.38. The minimum atomic E-state index is -0.145. The number of carbonyl (C=O) groups excluding carboxylic acids is 1. The van der Waals surface area contributed by atoms with E-state index in [9.17, 15) is 4.79 Å². The van der Waals surface area contributed by atoms with E-state index < -0.39 is 0 Å². The lowest BCUT2D eigenvalue weighted by Gasteiger charge is -2.16. The fraction of sp³-hybridized carbons (Fsp3) is 0.636. The summed E-state index contributed by atoms with van der Waals surface area (Å²) in [6.07, 6.45) is 2.58. The number of imidazole rings is 1. The van der Waals surface area contributed by atoms with Crippen LogP contribution in [0, 0.1) is 10.7 Å². The molecule has 0 saturated carbocycles. The summed E-state index contributed by atoms with van der Waals surface area (Å²) in [6.45, 7) is 3.83. The van der Waals surface area contributed by atoms with E-state index in [1.165, 1.54) is 0 Å². The molecule has 16 heavy (non-hydrogen) atoms. The van der Waals surface area contributed by atoms with Crippen LogP contribution in [0.5, 0.6) is 0 Å². The van der Waals surface area contributed by atoms with Crippen molar-refractivity contribution in [2.75, 3.05) is 7.05 Å². The number of rotatable bonds is 5. The smallest absolute Gasteiger partial charge is 0.177 e. The summed E-state index contributed by atoms with van der Waals surface area (Å²) < 4.78 is 2.53. The summed E-state index contributed by atoms with van der Waals surface area (Å²) in [5, 5.41) is 3.05. The number of likely N-dealkylation sites (N-methyl/N-ethyl adjacent to an activating group) is 1. The molecule has 0 aliphatic carbocycles. The number of nitrogens with one attached hydrogen (secondary N) is 2. The van der Waals surface area contributed by atoms with Gasteiger partial charge in [-0.15, -0.1) is 0 Å². The van der Waals surface area contributed by atoms with Gasteiger partial charge >= 0.3 is 0 Å². The molecular formula is C11H19N3OS. The van der Waals surface area contributed by atoms with Crippen molar-refractivity contribution in [3.05, 3.63) is 16.7 Å². The van der Waals surface area contributed by atoms with Crippen molar-refractivity contribution in [1.29, 1.82) is 0 Å². The van der Waals surface area contributed by atoms with Gasteiger partial charge in [0.2, 0.25) is 0 Å². The second kappa shape index (κ2) is 5.41. The van der Waals surface area contributed by atoms with Crippen molar-refractivity contribution in [2.24, 2.45) is 13.0 Å². The average molecular weight is 241 g/mol. The van der Waals surface area contributed by atoms with Gasteiger partial charge in [0, 0.05) is 31.3 Å². The number of carbonyl (C=O) groups is 1. The van der Waals surface area contributed by atoms with Gasteiger partial charge in [0.1, 0.15) is 0 Å². The predicted molar refractivity (Wildman–Crippen MR) is 67.0 cm³/mol. The normalized spacial score (nSPS) is 13.1. The maximum atomic E-state index is 11.9. The summed E-state index contributed by atoms with van der Waals surface area (Å²) in [5.41, 5.74) is 0.987. The fourth-order valence-corrected chi connectivity index (χ4v) is 1.80. The molecule has 0 aliphatic rings. The molecule has 0 radical (unpaired) electrons. The summed E-state index contributed by atoms with van der Waals surface area (Å²) in [5.74, 6) is 0.273. The van der Waals surface area contributed by atoms with Crippen LogP contribution in [0.15, 0.2) is 6.20 Å². The topological polar surface area (TPSA) is 49.8 Å². The lowest BCUT2D eigenvalue weighted by atomic mass is 9.98. The van der Waals surface area contributed by atoms with Crippen molar-refractivity contribution >= 4 is 18.0 Å². The van der Waals surface area contributed by atoms with E-state index >= 15 is 0 Å². The van der Waals surface area contributed by atoms with E-state index in [1.807, 2.05) is 38.7 Å². The Morgan fingerprint density at radius 3 is 2.62 bits per heavy atom. The lowest BCUT2D eigenvalue weighted by molar-refractivity contribution is -0.123. The minimum absolute atomic E-state index is 0.0455. The number of aromatic amines is 1. The van der Waals surface area contributed by atoms with Gasteiger partial charge in [-0.25, -0.2) is 0 Å². The van der Waals surface area contributed by atoms with E-state index in [4.69, 9.17) is 12.2 Å². The molecule has 90 valence electrons. The highest BCUT2D eigenvalue weighted by molar-refractivity contribution is 7.71. The Morgan fingerprint density at radius 2 is 2.25 bits per heavy atom.